The Morgan fingerprint density at radius 3 is 2.62 bits per heavy atom. The van der Waals surface area contributed by atoms with E-state index in [0.29, 0.717) is 0 Å². The van der Waals surface area contributed by atoms with Crippen LogP contribution in [0.1, 0.15) is 38.5 Å². The Morgan fingerprint density at radius 1 is 1.38 bits per heavy atom. The number of carbonyl (C=O) groups is 1. The van der Waals surface area contributed by atoms with Gasteiger partial charge in [-0.2, -0.15) is 0 Å². The fourth-order valence-corrected chi connectivity index (χ4v) is 3.05. The highest BCUT2D eigenvalue weighted by Crippen LogP contribution is 2.46. The van der Waals surface area contributed by atoms with Gasteiger partial charge in [0.15, 0.2) is 0 Å². The third-order valence-corrected chi connectivity index (χ3v) is 4.29. The van der Waals surface area contributed by atoms with Gasteiger partial charge in [-0.1, -0.05) is 41.9 Å². The lowest BCUT2D eigenvalue weighted by molar-refractivity contribution is -0.149. The second kappa shape index (κ2) is 3.75. The van der Waals surface area contributed by atoms with E-state index >= 15 is 0 Å². The third kappa shape index (κ3) is 1.72. The van der Waals surface area contributed by atoms with E-state index in [1.807, 2.05) is 0 Å². The normalized spacial score (nSPS) is 32.1. The number of ether oxygens (including phenoxy) is 1. The molecule has 0 N–H and O–H groups in total. The second-order valence-corrected chi connectivity index (χ2v) is 5.11. The fourth-order valence-electron chi connectivity index (χ4n) is 2.56. The van der Waals surface area contributed by atoms with Crippen LogP contribution >= 0.6 is 22.6 Å². The molecule has 1 aliphatic carbocycles. The SMILES string of the molecule is O=C1O[C@@H](CI)CC12CCCCC2. The van der Waals surface area contributed by atoms with E-state index in [4.69, 9.17) is 4.74 Å². The van der Waals surface area contributed by atoms with E-state index in [1.165, 1.54) is 19.3 Å². The van der Waals surface area contributed by atoms with Crippen LogP contribution in [0.2, 0.25) is 0 Å². The van der Waals surface area contributed by atoms with E-state index < -0.39 is 0 Å². The highest BCUT2D eigenvalue weighted by Gasteiger charge is 2.48. The van der Waals surface area contributed by atoms with Crippen molar-refractivity contribution in [3.8, 4) is 0 Å². The molecule has 1 atom stereocenters. The molecule has 1 saturated heterocycles. The molecule has 0 amide bonds. The van der Waals surface area contributed by atoms with Gasteiger partial charge in [0.25, 0.3) is 0 Å². The molecule has 2 rings (SSSR count). The summed E-state index contributed by atoms with van der Waals surface area (Å²) in [5, 5.41) is 0. The summed E-state index contributed by atoms with van der Waals surface area (Å²) in [5.41, 5.74) is -0.0614. The van der Waals surface area contributed by atoms with Gasteiger partial charge < -0.3 is 4.74 Å². The lowest BCUT2D eigenvalue weighted by Crippen LogP contribution is -2.28. The smallest absolute Gasteiger partial charge is 0.312 e. The topological polar surface area (TPSA) is 26.3 Å². The van der Waals surface area contributed by atoms with Crippen LogP contribution in [-0.4, -0.2) is 16.5 Å². The average molecular weight is 294 g/mol. The molecule has 3 heteroatoms. The molecule has 2 aliphatic rings. The van der Waals surface area contributed by atoms with E-state index in [0.717, 1.165) is 23.7 Å². The van der Waals surface area contributed by atoms with Crippen molar-refractivity contribution in [3.63, 3.8) is 0 Å². The molecule has 1 spiro atoms. The maximum Gasteiger partial charge on any atom is 0.312 e. The zero-order valence-electron chi connectivity index (χ0n) is 7.72. The minimum Gasteiger partial charge on any atom is -0.461 e. The zero-order chi connectivity index (χ0) is 9.31. The van der Waals surface area contributed by atoms with Crippen LogP contribution in [0.15, 0.2) is 0 Å². The molecule has 0 aromatic carbocycles. The van der Waals surface area contributed by atoms with Gasteiger partial charge in [0.2, 0.25) is 0 Å². The van der Waals surface area contributed by atoms with Crippen LogP contribution in [0, 0.1) is 5.41 Å². The maximum atomic E-state index is 11.7. The molecule has 1 heterocycles. The van der Waals surface area contributed by atoms with Crippen molar-refractivity contribution in [1.29, 1.82) is 0 Å². The number of hydrogen-bond donors (Lipinski definition) is 0. The van der Waals surface area contributed by atoms with Crippen LogP contribution < -0.4 is 0 Å². The molecule has 1 saturated carbocycles. The van der Waals surface area contributed by atoms with E-state index in [-0.39, 0.29) is 17.5 Å². The van der Waals surface area contributed by atoms with Crippen molar-refractivity contribution in [3.05, 3.63) is 0 Å². The van der Waals surface area contributed by atoms with Gasteiger partial charge in [0, 0.05) is 10.8 Å². The Labute approximate surface area is 92.5 Å². The first-order valence-electron chi connectivity index (χ1n) is 5.04. The quantitative estimate of drug-likeness (QED) is 0.422. The van der Waals surface area contributed by atoms with Gasteiger partial charge in [-0.05, 0) is 12.8 Å². The number of halogens is 1. The molecule has 0 bridgehead atoms. The Hall–Kier alpha value is 0.200. The summed E-state index contributed by atoms with van der Waals surface area (Å²) in [6.07, 6.45) is 7.04. The molecule has 74 valence electrons. The average Bonchev–Trinajstić information content (AvgIpc) is 2.45. The molecular weight excluding hydrogens is 279 g/mol. The summed E-state index contributed by atoms with van der Waals surface area (Å²) in [7, 11) is 0. The van der Waals surface area contributed by atoms with Crippen molar-refractivity contribution >= 4 is 28.6 Å². The minimum atomic E-state index is -0.0614. The van der Waals surface area contributed by atoms with Gasteiger partial charge in [0.1, 0.15) is 6.10 Å². The van der Waals surface area contributed by atoms with Gasteiger partial charge in [-0.3, -0.25) is 4.79 Å². The summed E-state index contributed by atoms with van der Waals surface area (Å²) < 4.78 is 6.31. The standard InChI is InChI=1S/C10H15IO2/c11-7-8-6-10(9(12)13-8)4-2-1-3-5-10/h8H,1-7H2/t8-/m1/s1. The monoisotopic (exact) mass is 294 g/mol. The lowest BCUT2D eigenvalue weighted by atomic mass is 9.72. The predicted octanol–water partition coefficient (Wildman–Crippen LogP) is 2.69. The van der Waals surface area contributed by atoms with Crippen LogP contribution in [0.4, 0.5) is 0 Å². The Kier molecular flexibility index (Phi) is 2.81. The Morgan fingerprint density at radius 2 is 2.08 bits per heavy atom. The summed E-state index contributed by atoms with van der Waals surface area (Å²) in [5.74, 6) is 0.0915. The van der Waals surface area contributed by atoms with Crippen molar-refractivity contribution in [2.45, 2.75) is 44.6 Å². The van der Waals surface area contributed by atoms with Crippen LogP contribution in [0.25, 0.3) is 0 Å². The molecule has 0 unspecified atom stereocenters. The molecule has 0 aromatic rings. The van der Waals surface area contributed by atoms with Crippen LogP contribution in [0.3, 0.4) is 0 Å². The number of rotatable bonds is 1. The fraction of sp³-hybridized carbons (Fsp3) is 0.900. The largest absolute Gasteiger partial charge is 0.461 e. The Bertz CT molecular complexity index is 209. The number of hydrogen-bond acceptors (Lipinski definition) is 2. The number of carbonyl (C=O) groups excluding carboxylic acids is 1. The highest BCUT2D eigenvalue weighted by molar-refractivity contribution is 14.1. The first kappa shape index (κ1) is 9.74. The van der Waals surface area contributed by atoms with Crippen molar-refractivity contribution in [2.24, 2.45) is 5.41 Å². The number of alkyl halides is 1. The molecule has 2 fully saturated rings. The highest BCUT2D eigenvalue weighted by atomic mass is 127. The third-order valence-electron chi connectivity index (χ3n) is 3.31. The molecule has 0 aromatic heterocycles. The van der Waals surface area contributed by atoms with Gasteiger partial charge in [0.05, 0.1) is 5.41 Å². The van der Waals surface area contributed by atoms with Crippen molar-refractivity contribution in [1.82, 2.24) is 0 Å². The molecule has 2 nitrogen and oxygen atoms in total. The first-order chi connectivity index (χ1) is 6.27. The molecule has 1 aliphatic heterocycles. The molecule has 0 radical (unpaired) electrons. The van der Waals surface area contributed by atoms with E-state index in [9.17, 15) is 4.79 Å². The van der Waals surface area contributed by atoms with Crippen molar-refractivity contribution in [2.75, 3.05) is 4.43 Å². The summed E-state index contributed by atoms with van der Waals surface area (Å²) in [4.78, 5) is 11.7. The summed E-state index contributed by atoms with van der Waals surface area (Å²) in [6.45, 7) is 0. The van der Waals surface area contributed by atoms with Gasteiger partial charge in [-0.15, -0.1) is 0 Å². The van der Waals surface area contributed by atoms with Gasteiger partial charge in [-0.25, -0.2) is 0 Å². The van der Waals surface area contributed by atoms with E-state index in [1.54, 1.807) is 0 Å². The van der Waals surface area contributed by atoms with E-state index in [2.05, 4.69) is 22.6 Å². The first-order valence-corrected chi connectivity index (χ1v) is 6.56. The number of esters is 1. The van der Waals surface area contributed by atoms with Gasteiger partial charge >= 0.3 is 5.97 Å². The Balaban J connectivity index is 2.08. The number of cyclic esters (lactones) is 1. The summed E-state index contributed by atoms with van der Waals surface area (Å²) >= 11 is 2.30. The lowest BCUT2D eigenvalue weighted by Gasteiger charge is -2.28. The summed E-state index contributed by atoms with van der Waals surface area (Å²) in [6, 6.07) is 0. The zero-order valence-corrected chi connectivity index (χ0v) is 9.88. The second-order valence-electron chi connectivity index (χ2n) is 4.23. The minimum absolute atomic E-state index is 0.0614. The maximum absolute atomic E-state index is 11.7. The molecular formula is C10H15IO2. The predicted molar refractivity (Wildman–Crippen MR) is 58.9 cm³/mol. The van der Waals surface area contributed by atoms with Crippen LogP contribution in [-0.2, 0) is 9.53 Å². The van der Waals surface area contributed by atoms with Crippen LogP contribution in [0.5, 0.6) is 0 Å². The van der Waals surface area contributed by atoms with Crippen molar-refractivity contribution < 1.29 is 9.53 Å². The molecule has 13 heavy (non-hydrogen) atoms.